The van der Waals surface area contributed by atoms with Crippen LogP contribution >= 0.6 is 0 Å². The van der Waals surface area contributed by atoms with Gasteiger partial charge in [0.1, 0.15) is 11.5 Å². The standard InChI is InChI=1S/C50H36N2O/c1-49(2)38-22-9-11-24-40(38)50(41-25-12-10-23-39(41)49)42-26-13-14-27-46(42)53-47-31-36(28-29-43(47)50)35-20-15-21-37(30-35)45-32-44(33-16-5-3-6-17-33)51-48(52-45)34-18-7-4-8-19-34/h3-32H,1-2H3. The van der Waals surface area contributed by atoms with E-state index in [1.54, 1.807) is 0 Å². The lowest BCUT2D eigenvalue weighted by molar-refractivity contribution is 0.425. The van der Waals surface area contributed by atoms with Crippen molar-refractivity contribution < 1.29 is 4.74 Å². The molecule has 53 heavy (non-hydrogen) atoms. The maximum Gasteiger partial charge on any atom is 0.160 e. The number of aromatic nitrogens is 2. The van der Waals surface area contributed by atoms with Crippen molar-refractivity contribution in [2.45, 2.75) is 24.7 Å². The average Bonchev–Trinajstić information content (AvgIpc) is 3.23. The number of benzene rings is 7. The van der Waals surface area contributed by atoms with Crippen LogP contribution < -0.4 is 4.74 Å². The Labute approximate surface area is 310 Å². The molecule has 0 saturated heterocycles. The van der Waals surface area contributed by atoms with Crippen molar-refractivity contribution in [3.63, 3.8) is 0 Å². The summed E-state index contributed by atoms with van der Waals surface area (Å²) in [5.74, 6) is 2.46. The minimum atomic E-state index is -0.532. The van der Waals surface area contributed by atoms with Crippen molar-refractivity contribution in [3.05, 3.63) is 215 Å². The van der Waals surface area contributed by atoms with E-state index in [-0.39, 0.29) is 5.41 Å². The van der Waals surface area contributed by atoms with E-state index >= 15 is 0 Å². The maximum absolute atomic E-state index is 6.87. The molecule has 0 radical (unpaired) electrons. The molecule has 0 atom stereocenters. The first kappa shape index (κ1) is 31.2. The van der Waals surface area contributed by atoms with Gasteiger partial charge in [-0.1, -0.05) is 172 Å². The zero-order valence-corrected chi connectivity index (χ0v) is 29.6. The highest BCUT2D eigenvalue weighted by Gasteiger charge is 2.52. The van der Waals surface area contributed by atoms with Gasteiger partial charge in [0.05, 0.1) is 16.8 Å². The Bertz CT molecular complexity index is 2570. The van der Waals surface area contributed by atoms with Gasteiger partial charge in [0, 0.05) is 33.2 Å². The second-order valence-corrected chi connectivity index (χ2v) is 14.6. The number of para-hydroxylation sites is 1. The van der Waals surface area contributed by atoms with Gasteiger partial charge in [-0.15, -0.1) is 0 Å². The van der Waals surface area contributed by atoms with Crippen LogP contribution in [0.4, 0.5) is 0 Å². The molecular formula is C50H36N2O. The third kappa shape index (κ3) is 4.81. The third-order valence-corrected chi connectivity index (χ3v) is 11.2. The first-order chi connectivity index (χ1) is 26.0. The van der Waals surface area contributed by atoms with Crippen molar-refractivity contribution in [1.29, 1.82) is 0 Å². The zero-order chi connectivity index (χ0) is 35.6. The van der Waals surface area contributed by atoms with Gasteiger partial charge < -0.3 is 4.74 Å². The van der Waals surface area contributed by atoms with Gasteiger partial charge in [0.15, 0.2) is 5.82 Å². The van der Waals surface area contributed by atoms with E-state index in [0.717, 1.165) is 56.3 Å². The first-order valence-electron chi connectivity index (χ1n) is 18.2. The van der Waals surface area contributed by atoms with E-state index in [4.69, 9.17) is 14.7 Å². The Balaban J connectivity index is 1.14. The summed E-state index contributed by atoms with van der Waals surface area (Å²) in [6, 6.07) is 64.6. The molecule has 10 rings (SSSR count). The first-order valence-corrected chi connectivity index (χ1v) is 18.2. The Morgan fingerprint density at radius 3 is 1.53 bits per heavy atom. The van der Waals surface area contributed by atoms with E-state index in [0.29, 0.717) is 5.82 Å². The van der Waals surface area contributed by atoms with Gasteiger partial charge in [-0.25, -0.2) is 9.97 Å². The summed E-state index contributed by atoms with van der Waals surface area (Å²) in [6.07, 6.45) is 0. The molecule has 1 aromatic heterocycles. The van der Waals surface area contributed by atoms with E-state index in [1.807, 2.05) is 36.4 Å². The Hall–Kier alpha value is -6.58. The summed E-state index contributed by atoms with van der Waals surface area (Å²) in [4.78, 5) is 10.1. The van der Waals surface area contributed by atoms with E-state index < -0.39 is 5.41 Å². The van der Waals surface area contributed by atoms with Crippen LogP contribution in [0, 0.1) is 0 Å². The monoisotopic (exact) mass is 680 g/mol. The largest absolute Gasteiger partial charge is 0.457 e. The van der Waals surface area contributed by atoms with Crippen LogP contribution in [0.15, 0.2) is 182 Å². The zero-order valence-electron chi connectivity index (χ0n) is 29.6. The molecule has 0 saturated carbocycles. The van der Waals surface area contributed by atoms with Gasteiger partial charge in [0.25, 0.3) is 0 Å². The van der Waals surface area contributed by atoms with Gasteiger partial charge >= 0.3 is 0 Å². The summed E-state index contributed by atoms with van der Waals surface area (Å²) < 4.78 is 6.87. The second kappa shape index (κ2) is 12.0. The number of hydrogen-bond donors (Lipinski definition) is 0. The summed E-state index contributed by atoms with van der Waals surface area (Å²) in [5, 5.41) is 0. The fourth-order valence-corrected chi connectivity index (χ4v) is 8.73. The second-order valence-electron chi connectivity index (χ2n) is 14.6. The minimum absolute atomic E-state index is 0.159. The Morgan fingerprint density at radius 1 is 0.358 bits per heavy atom. The molecule has 2 heterocycles. The van der Waals surface area contributed by atoms with Crippen molar-refractivity contribution in [2.75, 3.05) is 0 Å². The van der Waals surface area contributed by atoms with E-state index in [2.05, 4.69) is 159 Å². The van der Waals surface area contributed by atoms with Gasteiger partial charge in [-0.05, 0) is 57.6 Å². The molecule has 0 amide bonds. The maximum atomic E-state index is 6.87. The number of nitrogens with zero attached hydrogens (tertiary/aromatic N) is 2. The molecule has 8 aromatic rings. The highest BCUT2D eigenvalue weighted by Crippen LogP contribution is 2.61. The molecule has 1 aliphatic carbocycles. The number of hydrogen-bond acceptors (Lipinski definition) is 3. The van der Waals surface area contributed by atoms with Gasteiger partial charge in [-0.3, -0.25) is 0 Å². The summed E-state index contributed by atoms with van der Waals surface area (Å²) >= 11 is 0. The summed E-state index contributed by atoms with van der Waals surface area (Å²) in [5.41, 5.74) is 13.9. The molecule has 0 fully saturated rings. The fourth-order valence-electron chi connectivity index (χ4n) is 8.73. The van der Waals surface area contributed by atoms with Crippen LogP contribution in [0.5, 0.6) is 11.5 Å². The van der Waals surface area contributed by atoms with Crippen LogP contribution in [0.2, 0.25) is 0 Å². The topological polar surface area (TPSA) is 35.0 Å². The van der Waals surface area contributed by atoms with Gasteiger partial charge in [-0.2, -0.15) is 0 Å². The molecule has 1 spiro atoms. The smallest absolute Gasteiger partial charge is 0.160 e. The molecule has 7 aromatic carbocycles. The Morgan fingerprint density at radius 2 is 0.849 bits per heavy atom. The van der Waals surface area contributed by atoms with Crippen LogP contribution in [0.3, 0.4) is 0 Å². The van der Waals surface area contributed by atoms with E-state index in [9.17, 15) is 0 Å². The highest BCUT2D eigenvalue weighted by molar-refractivity contribution is 5.80. The van der Waals surface area contributed by atoms with Crippen molar-refractivity contribution in [2.24, 2.45) is 0 Å². The molecule has 1 aliphatic heterocycles. The highest BCUT2D eigenvalue weighted by atomic mass is 16.5. The molecule has 0 unspecified atom stereocenters. The van der Waals surface area contributed by atoms with Crippen LogP contribution in [0.1, 0.15) is 47.2 Å². The quantitative estimate of drug-likeness (QED) is 0.186. The predicted molar refractivity (Wildman–Crippen MR) is 214 cm³/mol. The van der Waals surface area contributed by atoms with Crippen LogP contribution in [-0.2, 0) is 10.8 Å². The lowest BCUT2D eigenvalue weighted by Gasteiger charge is -2.50. The van der Waals surface area contributed by atoms with Crippen molar-refractivity contribution in [3.8, 4) is 56.5 Å². The average molecular weight is 681 g/mol. The predicted octanol–water partition coefficient (Wildman–Crippen LogP) is 12.3. The summed E-state index contributed by atoms with van der Waals surface area (Å²) in [7, 11) is 0. The molecule has 3 heteroatoms. The van der Waals surface area contributed by atoms with Crippen molar-refractivity contribution in [1.82, 2.24) is 9.97 Å². The minimum Gasteiger partial charge on any atom is -0.457 e. The molecule has 2 aliphatic rings. The SMILES string of the molecule is CC1(C)c2ccccc2C2(c3ccccc3Oc3cc(-c4cccc(-c5cc(-c6ccccc6)nc(-c6ccccc6)n5)c4)ccc32)c2ccccc21. The number of ether oxygens (including phenoxy) is 1. The van der Waals surface area contributed by atoms with Crippen LogP contribution in [-0.4, -0.2) is 9.97 Å². The molecule has 3 nitrogen and oxygen atoms in total. The lowest BCUT2D eigenvalue weighted by Crippen LogP contribution is -2.43. The lowest BCUT2D eigenvalue weighted by atomic mass is 9.53. The molecule has 252 valence electrons. The van der Waals surface area contributed by atoms with Crippen molar-refractivity contribution >= 4 is 0 Å². The number of rotatable bonds is 4. The molecular weight excluding hydrogens is 645 g/mol. The van der Waals surface area contributed by atoms with E-state index in [1.165, 1.54) is 27.8 Å². The number of fused-ring (bicyclic) bond motifs is 8. The van der Waals surface area contributed by atoms with Gasteiger partial charge in [0.2, 0.25) is 0 Å². The van der Waals surface area contributed by atoms with Crippen LogP contribution in [0.25, 0.3) is 45.0 Å². The summed E-state index contributed by atoms with van der Waals surface area (Å²) in [6.45, 7) is 4.70. The normalized spacial score (nSPS) is 14.3. The molecule has 0 bridgehead atoms. The third-order valence-electron chi connectivity index (χ3n) is 11.2. The Kier molecular flexibility index (Phi) is 7.06. The molecule has 0 N–H and O–H groups in total. The fraction of sp³-hybridized carbons (Fsp3) is 0.0800.